The molecule has 0 aliphatic heterocycles. The minimum atomic E-state index is -0.0900. The molecule has 0 aliphatic carbocycles. The van der Waals surface area contributed by atoms with Crippen LogP contribution in [0.4, 0.5) is 0 Å². The maximum Gasteiger partial charge on any atom is 0.193 e. The number of thiophene rings is 1. The highest BCUT2D eigenvalue weighted by molar-refractivity contribution is 7.19. The van der Waals surface area contributed by atoms with Crippen molar-refractivity contribution in [3.8, 4) is 5.75 Å². The van der Waals surface area contributed by atoms with Crippen LogP contribution in [0.1, 0.15) is 10.6 Å². The Balaban J connectivity index is 1.61. The lowest BCUT2D eigenvalue weighted by atomic mass is 10.2. The van der Waals surface area contributed by atoms with E-state index < -0.39 is 0 Å². The van der Waals surface area contributed by atoms with Crippen LogP contribution in [0, 0.1) is 0 Å². The zero-order chi connectivity index (χ0) is 16.5. The Hall–Kier alpha value is -2.63. The molecular formula is C19H15NO3S. The Morgan fingerprint density at radius 2 is 1.96 bits per heavy atom. The molecule has 5 heteroatoms. The average molecular weight is 337 g/mol. The topological polar surface area (TPSA) is 65.5 Å². The predicted octanol–water partition coefficient (Wildman–Crippen LogP) is 4.05. The van der Waals surface area contributed by atoms with Gasteiger partial charge in [0.2, 0.25) is 0 Å². The monoisotopic (exact) mass is 337 g/mol. The molecule has 0 bridgehead atoms. The molecule has 2 aromatic heterocycles. The smallest absolute Gasteiger partial charge is 0.193 e. The molecule has 2 N–H and O–H groups in total. The minimum absolute atomic E-state index is 0.0900. The lowest BCUT2D eigenvalue weighted by Gasteiger charge is -2.06. The molecule has 120 valence electrons. The zero-order valence-corrected chi connectivity index (χ0v) is 13.6. The lowest BCUT2D eigenvalue weighted by molar-refractivity contribution is 0.310. The van der Waals surface area contributed by atoms with Crippen LogP contribution in [0.5, 0.6) is 5.75 Å². The van der Waals surface area contributed by atoms with Gasteiger partial charge in [0.15, 0.2) is 5.43 Å². The summed E-state index contributed by atoms with van der Waals surface area (Å²) in [6.07, 6.45) is 0. The molecular weight excluding hydrogens is 322 g/mol. The second kappa shape index (κ2) is 6.11. The summed E-state index contributed by atoms with van der Waals surface area (Å²) in [5.41, 5.74) is 5.96. The summed E-state index contributed by atoms with van der Waals surface area (Å²) >= 11 is 1.71. The summed E-state index contributed by atoms with van der Waals surface area (Å²) in [6, 6.07) is 17.1. The van der Waals surface area contributed by atoms with Crippen LogP contribution in [0.25, 0.3) is 21.1 Å². The van der Waals surface area contributed by atoms with Gasteiger partial charge in [-0.3, -0.25) is 4.79 Å². The van der Waals surface area contributed by atoms with Gasteiger partial charge in [-0.25, -0.2) is 0 Å². The quantitative estimate of drug-likeness (QED) is 0.610. The fourth-order valence-electron chi connectivity index (χ4n) is 2.64. The first-order valence-corrected chi connectivity index (χ1v) is 8.42. The predicted molar refractivity (Wildman–Crippen MR) is 96.5 cm³/mol. The van der Waals surface area contributed by atoms with Gasteiger partial charge in [0.1, 0.15) is 23.7 Å². The van der Waals surface area contributed by atoms with E-state index in [2.05, 4.69) is 18.2 Å². The van der Waals surface area contributed by atoms with Crippen molar-refractivity contribution in [2.45, 2.75) is 13.2 Å². The fourth-order valence-corrected chi connectivity index (χ4v) is 3.62. The van der Waals surface area contributed by atoms with Crippen LogP contribution in [0.15, 0.2) is 63.8 Å². The summed E-state index contributed by atoms with van der Waals surface area (Å²) in [6.45, 7) is 0.670. The number of hydrogen-bond acceptors (Lipinski definition) is 5. The average Bonchev–Trinajstić information content (AvgIpc) is 3.02. The van der Waals surface area contributed by atoms with Crippen molar-refractivity contribution >= 4 is 32.4 Å². The highest BCUT2D eigenvalue weighted by Crippen LogP contribution is 2.27. The van der Waals surface area contributed by atoms with Gasteiger partial charge in [0, 0.05) is 21.7 Å². The third-order valence-electron chi connectivity index (χ3n) is 3.81. The second-order valence-corrected chi connectivity index (χ2v) is 6.65. The summed E-state index contributed by atoms with van der Waals surface area (Å²) in [5.74, 6) is 1.13. The first-order chi connectivity index (χ1) is 11.7. The van der Waals surface area contributed by atoms with Crippen molar-refractivity contribution in [2.75, 3.05) is 0 Å². The lowest BCUT2D eigenvalue weighted by Crippen LogP contribution is -2.05. The first kappa shape index (κ1) is 14.9. The van der Waals surface area contributed by atoms with E-state index in [4.69, 9.17) is 14.9 Å². The van der Waals surface area contributed by atoms with Gasteiger partial charge in [-0.2, -0.15) is 0 Å². The van der Waals surface area contributed by atoms with Gasteiger partial charge in [0.25, 0.3) is 0 Å². The summed E-state index contributed by atoms with van der Waals surface area (Å²) < 4.78 is 12.7. The van der Waals surface area contributed by atoms with Gasteiger partial charge >= 0.3 is 0 Å². The van der Waals surface area contributed by atoms with E-state index in [0.717, 1.165) is 4.88 Å². The highest BCUT2D eigenvalue weighted by atomic mass is 32.1. The summed E-state index contributed by atoms with van der Waals surface area (Å²) in [5, 5.41) is 1.75. The Morgan fingerprint density at radius 1 is 1.08 bits per heavy atom. The van der Waals surface area contributed by atoms with Crippen LogP contribution in [-0.4, -0.2) is 0 Å². The molecule has 0 aliphatic rings. The molecule has 0 atom stereocenters. The molecule has 0 amide bonds. The van der Waals surface area contributed by atoms with Crippen molar-refractivity contribution in [2.24, 2.45) is 5.73 Å². The van der Waals surface area contributed by atoms with E-state index >= 15 is 0 Å². The van der Waals surface area contributed by atoms with E-state index in [1.54, 1.807) is 29.5 Å². The Morgan fingerprint density at radius 3 is 2.79 bits per heavy atom. The Bertz CT molecular complexity index is 1050. The highest BCUT2D eigenvalue weighted by Gasteiger charge is 2.07. The zero-order valence-electron chi connectivity index (χ0n) is 12.8. The number of nitrogens with two attached hydrogens (primary N) is 1. The first-order valence-electron chi connectivity index (χ1n) is 7.60. The third kappa shape index (κ3) is 2.79. The molecule has 4 aromatic rings. The van der Waals surface area contributed by atoms with Crippen molar-refractivity contribution in [1.82, 2.24) is 0 Å². The summed E-state index contributed by atoms with van der Waals surface area (Å²) in [4.78, 5) is 13.1. The van der Waals surface area contributed by atoms with Gasteiger partial charge in [-0.05, 0) is 29.7 Å². The van der Waals surface area contributed by atoms with Crippen LogP contribution in [0.2, 0.25) is 0 Å². The number of hydrogen-bond donors (Lipinski definition) is 1. The minimum Gasteiger partial charge on any atom is -0.488 e. The number of benzene rings is 2. The summed E-state index contributed by atoms with van der Waals surface area (Å²) in [7, 11) is 0. The SMILES string of the molecule is NCc1cc(=O)c2ccc(OCc3cc4ccccc4s3)cc2o1. The van der Waals surface area contributed by atoms with Gasteiger partial charge < -0.3 is 14.9 Å². The molecule has 4 nitrogen and oxygen atoms in total. The fraction of sp³-hybridized carbons (Fsp3) is 0.105. The van der Waals surface area contributed by atoms with Crippen LogP contribution >= 0.6 is 11.3 Å². The maximum atomic E-state index is 12.0. The largest absolute Gasteiger partial charge is 0.488 e. The van der Waals surface area contributed by atoms with Crippen molar-refractivity contribution in [3.05, 3.63) is 75.5 Å². The third-order valence-corrected chi connectivity index (χ3v) is 4.90. The molecule has 2 aromatic carbocycles. The van der Waals surface area contributed by atoms with E-state index in [1.165, 1.54) is 16.2 Å². The molecule has 0 saturated carbocycles. The molecule has 0 unspecified atom stereocenters. The van der Waals surface area contributed by atoms with Gasteiger partial charge in [0.05, 0.1) is 11.9 Å². The Labute approximate surface area is 142 Å². The molecule has 0 saturated heterocycles. The van der Waals surface area contributed by atoms with E-state index in [1.807, 2.05) is 12.1 Å². The van der Waals surface area contributed by atoms with Gasteiger partial charge in [-0.1, -0.05) is 18.2 Å². The van der Waals surface area contributed by atoms with Crippen molar-refractivity contribution in [3.63, 3.8) is 0 Å². The van der Waals surface area contributed by atoms with Crippen molar-refractivity contribution in [1.29, 1.82) is 0 Å². The Kier molecular flexibility index (Phi) is 3.80. The molecule has 0 fully saturated rings. The maximum absolute atomic E-state index is 12.0. The van der Waals surface area contributed by atoms with E-state index in [0.29, 0.717) is 29.1 Å². The van der Waals surface area contributed by atoms with E-state index in [-0.39, 0.29) is 12.0 Å². The van der Waals surface area contributed by atoms with Gasteiger partial charge in [-0.15, -0.1) is 11.3 Å². The number of ether oxygens (including phenoxy) is 1. The molecule has 24 heavy (non-hydrogen) atoms. The normalized spacial score (nSPS) is 11.2. The van der Waals surface area contributed by atoms with Crippen molar-refractivity contribution < 1.29 is 9.15 Å². The molecule has 4 rings (SSSR count). The standard InChI is InChI=1S/C19H15NO3S/c20-10-14-8-17(21)16-6-5-13(9-18(16)23-14)22-11-15-7-12-3-1-2-4-19(12)24-15/h1-9H,10-11,20H2. The van der Waals surface area contributed by atoms with Crippen LogP contribution in [0.3, 0.4) is 0 Å². The second-order valence-electron chi connectivity index (χ2n) is 5.48. The van der Waals surface area contributed by atoms with Crippen LogP contribution in [-0.2, 0) is 13.2 Å². The molecule has 0 radical (unpaired) electrons. The molecule has 2 heterocycles. The number of fused-ring (bicyclic) bond motifs is 2. The molecule has 0 spiro atoms. The van der Waals surface area contributed by atoms with Crippen LogP contribution < -0.4 is 15.9 Å². The van der Waals surface area contributed by atoms with E-state index in [9.17, 15) is 4.79 Å². The number of rotatable bonds is 4.